The van der Waals surface area contributed by atoms with Gasteiger partial charge in [0.15, 0.2) is 0 Å². The van der Waals surface area contributed by atoms with Crippen LogP contribution in [0, 0.1) is 10.1 Å². The van der Waals surface area contributed by atoms with Gasteiger partial charge in [-0.15, -0.1) is 0 Å². The van der Waals surface area contributed by atoms with Crippen molar-refractivity contribution in [2.24, 2.45) is 0 Å². The Morgan fingerprint density at radius 2 is 1.82 bits per heavy atom. The van der Waals surface area contributed by atoms with Crippen molar-refractivity contribution < 1.29 is 9.84 Å². The molecule has 0 aliphatic rings. The average molecular weight is 151 g/mol. The second-order valence-corrected chi connectivity index (χ2v) is 1.86. The first-order chi connectivity index (χ1) is 5.22. The van der Waals surface area contributed by atoms with Gasteiger partial charge in [-0.05, 0) is 0 Å². The first-order valence-electron chi connectivity index (χ1n) is 2.90. The van der Waals surface area contributed by atoms with E-state index < -0.39 is 5.03 Å². The Morgan fingerprint density at radius 1 is 1.27 bits per heavy atom. The fourth-order valence-corrected chi connectivity index (χ4v) is 0.656. The molecule has 5 nitrogen and oxygen atoms in total. The number of hydrogen-bond acceptors (Lipinski definition) is 2. The van der Waals surface area contributed by atoms with E-state index in [1.165, 1.54) is 12.1 Å². The maximum atomic E-state index is 9.98. The van der Waals surface area contributed by atoms with Crippen LogP contribution in [-0.4, -0.2) is 9.84 Å². The third-order valence-corrected chi connectivity index (χ3v) is 1.14. The molecule has 0 spiro atoms. The minimum Gasteiger partial charge on any atom is -0.409 e. The topological polar surface area (TPSA) is 68.5 Å². The van der Waals surface area contributed by atoms with Gasteiger partial charge in [-0.25, -0.2) is 0 Å². The normalized spacial score (nSPS) is 9.09. The zero-order chi connectivity index (χ0) is 8.27. The van der Waals surface area contributed by atoms with Crippen LogP contribution in [0.1, 0.15) is 0 Å². The second kappa shape index (κ2) is 2.87. The Kier molecular flexibility index (Phi) is 1.91. The fraction of sp³-hybridized carbons (Fsp3) is 0. The summed E-state index contributed by atoms with van der Waals surface area (Å²) in [5.41, 5.74) is 8.87. The minimum atomic E-state index is -0.907. The molecular weight excluding hydrogens is 146 g/mol. The van der Waals surface area contributed by atoms with E-state index in [4.69, 9.17) is 5.53 Å². The van der Waals surface area contributed by atoms with Crippen molar-refractivity contribution in [3.63, 3.8) is 0 Å². The summed E-state index contributed by atoms with van der Waals surface area (Å²) in [6.07, 6.45) is 0. The van der Waals surface area contributed by atoms with Crippen LogP contribution >= 0.6 is 0 Å². The van der Waals surface area contributed by atoms with Crippen molar-refractivity contribution in [1.82, 2.24) is 0 Å². The molecule has 0 amide bonds. The van der Waals surface area contributed by atoms with Crippen LogP contribution in [0.2, 0.25) is 0 Å². The van der Waals surface area contributed by atoms with Crippen LogP contribution in [0.15, 0.2) is 30.3 Å². The third kappa shape index (κ3) is 1.57. The number of benzene rings is 1. The van der Waals surface area contributed by atoms with Gasteiger partial charge in [-0.1, -0.05) is 18.2 Å². The summed E-state index contributed by atoms with van der Waals surface area (Å²) in [6.45, 7) is 0. The molecule has 0 fully saturated rings. The Hall–Kier alpha value is -1.78. The van der Waals surface area contributed by atoms with Crippen molar-refractivity contribution >= 4 is 5.69 Å². The number of hydrogen-bond donors (Lipinski definition) is 0. The van der Waals surface area contributed by atoms with Crippen LogP contribution < -0.4 is 0 Å². The lowest BCUT2D eigenvalue weighted by Gasteiger charge is -1.93. The summed E-state index contributed by atoms with van der Waals surface area (Å²) >= 11 is 0. The zero-order valence-corrected chi connectivity index (χ0v) is 5.54. The largest absolute Gasteiger partial charge is 0.409 e. The first-order valence-corrected chi connectivity index (χ1v) is 2.90. The Labute approximate surface area is 62.5 Å². The van der Waals surface area contributed by atoms with E-state index in [1.54, 1.807) is 18.2 Å². The lowest BCUT2D eigenvalue weighted by Crippen LogP contribution is -2.08. The van der Waals surface area contributed by atoms with E-state index in [0.29, 0.717) is 0 Å². The summed E-state index contributed by atoms with van der Waals surface area (Å²) in [5, 5.41) is 9.07. The molecule has 0 saturated heterocycles. The van der Waals surface area contributed by atoms with Gasteiger partial charge in [0.2, 0.25) is 5.53 Å². The van der Waals surface area contributed by atoms with Crippen molar-refractivity contribution in [2.75, 3.05) is 0 Å². The van der Waals surface area contributed by atoms with E-state index >= 15 is 0 Å². The summed E-state index contributed by atoms with van der Waals surface area (Å²) in [4.78, 5) is 9.95. The van der Waals surface area contributed by atoms with Gasteiger partial charge in [0.05, 0.1) is 9.84 Å². The molecule has 5 heteroatoms. The first kappa shape index (κ1) is 7.33. The molecule has 0 aromatic heterocycles. The smallest absolute Gasteiger partial charge is 0.270 e. The van der Waals surface area contributed by atoms with Gasteiger partial charge in [0.25, 0.3) is 5.69 Å². The highest BCUT2D eigenvalue weighted by Gasteiger charge is 2.08. The maximum Gasteiger partial charge on any atom is 0.270 e. The van der Waals surface area contributed by atoms with Gasteiger partial charge < -0.3 is 10.1 Å². The zero-order valence-electron chi connectivity index (χ0n) is 5.54. The van der Waals surface area contributed by atoms with Crippen LogP contribution in [0.25, 0.3) is 5.53 Å². The van der Waals surface area contributed by atoms with Gasteiger partial charge in [0, 0.05) is 12.1 Å². The third-order valence-electron chi connectivity index (χ3n) is 1.14. The number of para-hydroxylation sites is 1. The second-order valence-electron chi connectivity index (χ2n) is 1.86. The summed E-state index contributed by atoms with van der Waals surface area (Å²) in [7, 11) is 0. The maximum absolute atomic E-state index is 9.98. The molecule has 1 aromatic rings. The van der Waals surface area contributed by atoms with Gasteiger partial charge in [-0.3, -0.25) is 0 Å². The van der Waals surface area contributed by atoms with Crippen LogP contribution in [0.3, 0.4) is 0 Å². The van der Waals surface area contributed by atoms with Crippen molar-refractivity contribution in [2.45, 2.75) is 0 Å². The van der Waals surface area contributed by atoms with E-state index in [2.05, 4.69) is 0 Å². The number of hydrazine groups is 1. The molecule has 0 N–H and O–H groups in total. The van der Waals surface area contributed by atoms with Gasteiger partial charge in [0.1, 0.15) is 0 Å². The summed E-state index contributed by atoms with van der Waals surface area (Å²) in [6, 6.07) is 7.77. The number of nitrogens with zero attached hydrogens (tertiary/aromatic N) is 3. The molecule has 0 unspecified atom stereocenters. The predicted molar refractivity (Wildman–Crippen MR) is 36.7 cm³/mol. The highest BCUT2D eigenvalue weighted by molar-refractivity contribution is 5.27. The average Bonchev–Trinajstić information content (AvgIpc) is 2.05. The molecule has 0 radical (unpaired) electrons. The van der Waals surface area contributed by atoms with E-state index in [-0.39, 0.29) is 10.5 Å². The van der Waals surface area contributed by atoms with E-state index in [0.717, 1.165) is 0 Å². The van der Waals surface area contributed by atoms with Gasteiger partial charge >= 0.3 is 0 Å². The molecule has 0 saturated carbocycles. The van der Waals surface area contributed by atoms with Crippen LogP contribution in [0.5, 0.6) is 0 Å². The summed E-state index contributed by atoms with van der Waals surface area (Å²) in [5.74, 6) is 0. The lowest BCUT2D eigenvalue weighted by molar-refractivity contribution is -1.07. The van der Waals surface area contributed by atoms with Gasteiger partial charge in [-0.2, -0.15) is 0 Å². The highest BCUT2D eigenvalue weighted by atomic mass is 16.7. The molecule has 0 bridgehead atoms. The Morgan fingerprint density at radius 3 is 2.27 bits per heavy atom. The van der Waals surface area contributed by atoms with E-state index in [9.17, 15) is 10.1 Å². The molecule has 0 atom stereocenters. The van der Waals surface area contributed by atoms with Crippen LogP contribution in [0.4, 0.5) is 5.69 Å². The molecule has 1 rings (SSSR count). The van der Waals surface area contributed by atoms with Crippen molar-refractivity contribution in [3.05, 3.63) is 46.0 Å². The molecule has 11 heavy (non-hydrogen) atoms. The molecule has 0 aliphatic heterocycles. The highest BCUT2D eigenvalue weighted by Crippen LogP contribution is 2.08. The molecular formula is C6H5N3O2. The molecule has 1 aromatic carbocycles. The lowest BCUT2D eigenvalue weighted by atomic mass is 10.3. The Bertz CT molecular complexity index is 283. The Balaban J connectivity index is 2.95. The van der Waals surface area contributed by atoms with Crippen molar-refractivity contribution in [3.8, 4) is 0 Å². The molecule has 0 heterocycles. The number of nitro groups is 1. The SMILES string of the molecule is [N-]=[N+](c1ccccc1)[N+](=O)[O-]. The molecule has 56 valence electrons. The monoisotopic (exact) mass is 151 g/mol. The van der Waals surface area contributed by atoms with Crippen LogP contribution in [-0.2, 0) is 0 Å². The van der Waals surface area contributed by atoms with E-state index in [1.807, 2.05) is 0 Å². The van der Waals surface area contributed by atoms with Crippen molar-refractivity contribution in [1.29, 1.82) is 0 Å². The fourth-order valence-electron chi connectivity index (χ4n) is 0.656. The molecule has 0 aliphatic carbocycles. The quantitative estimate of drug-likeness (QED) is 0.278. The summed E-state index contributed by atoms with van der Waals surface area (Å²) < 4.78 is 0. The number of rotatable bonds is 2. The predicted octanol–water partition coefficient (Wildman–Crippen LogP) is 1.54. The minimum absolute atomic E-state index is 0.0278. The standard InChI is InChI=1S/C6H5N3O2/c7-8(9(10)11)6-4-2-1-3-5-6/h1-5H.